The number of hydrogen-bond donors (Lipinski definition) is 1. The number of aliphatic hydroxyl groups is 1. The molecule has 4 heteroatoms. The fourth-order valence-electron chi connectivity index (χ4n) is 1.94. The number of hydrogen-bond acceptors (Lipinski definition) is 2. The Hall–Kier alpha value is -1.42. The van der Waals surface area contributed by atoms with Crippen molar-refractivity contribution in [2.24, 2.45) is 5.92 Å². The van der Waals surface area contributed by atoms with Crippen LogP contribution in [0, 0.1) is 11.7 Å². The van der Waals surface area contributed by atoms with Gasteiger partial charge in [-0.25, -0.2) is 4.39 Å². The van der Waals surface area contributed by atoms with Crippen molar-refractivity contribution in [1.82, 2.24) is 4.90 Å². The Morgan fingerprint density at radius 1 is 1.38 bits per heavy atom. The number of carbonyl (C=O) groups is 1. The van der Waals surface area contributed by atoms with E-state index in [4.69, 9.17) is 5.11 Å². The highest BCUT2D eigenvalue weighted by Gasteiger charge is 2.28. The normalized spacial score (nSPS) is 20.5. The van der Waals surface area contributed by atoms with Gasteiger partial charge in [0.15, 0.2) is 0 Å². The highest BCUT2D eigenvalue weighted by Crippen LogP contribution is 2.19. The molecule has 3 nitrogen and oxygen atoms in total. The second kappa shape index (κ2) is 4.61. The van der Waals surface area contributed by atoms with Crippen LogP contribution in [0.25, 0.3) is 0 Å². The monoisotopic (exact) mass is 223 g/mol. The van der Waals surface area contributed by atoms with Crippen molar-refractivity contribution >= 4 is 5.91 Å². The molecule has 1 aliphatic heterocycles. The molecule has 2 rings (SSSR count). The molecule has 1 saturated heterocycles. The Labute approximate surface area is 93.5 Å². The van der Waals surface area contributed by atoms with Gasteiger partial charge in [-0.1, -0.05) is 12.1 Å². The van der Waals surface area contributed by atoms with Crippen molar-refractivity contribution in [3.63, 3.8) is 0 Å². The average Bonchev–Trinajstić information content (AvgIpc) is 2.63. The number of amides is 1. The van der Waals surface area contributed by atoms with E-state index in [-0.39, 0.29) is 24.2 Å². The highest BCUT2D eigenvalue weighted by molar-refractivity contribution is 5.78. The lowest BCUT2D eigenvalue weighted by atomic mass is 10.1. The lowest BCUT2D eigenvalue weighted by Gasteiger charge is -2.16. The van der Waals surface area contributed by atoms with Crippen LogP contribution in [0.4, 0.5) is 4.39 Å². The molecule has 1 aliphatic rings. The van der Waals surface area contributed by atoms with Crippen LogP contribution in [-0.4, -0.2) is 29.1 Å². The van der Waals surface area contributed by atoms with Gasteiger partial charge in [0.1, 0.15) is 5.82 Å². The van der Waals surface area contributed by atoms with E-state index in [1.54, 1.807) is 17.0 Å². The third kappa shape index (κ3) is 2.39. The smallest absolute Gasteiger partial charge is 0.223 e. The number of carbonyl (C=O) groups excluding carboxylic acids is 1. The van der Waals surface area contributed by atoms with Gasteiger partial charge in [-0.2, -0.15) is 0 Å². The van der Waals surface area contributed by atoms with E-state index in [1.807, 2.05) is 0 Å². The van der Waals surface area contributed by atoms with Gasteiger partial charge in [0.2, 0.25) is 5.91 Å². The minimum atomic E-state index is -0.273. The first-order valence-electron chi connectivity index (χ1n) is 5.32. The van der Waals surface area contributed by atoms with Crippen molar-refractivity contribution in [3.05, 3.63) is 35.6 Å². The number of halogens is 1. The molecule has 0 radical (unpaired) electrons. The summed E-state index contributed by atoms with van der Waals surface area (Å²) in [5, 5.41) is 8.98. The van der Waals surface area contributed by atoms with Crippen molar-refractivity contribution in [1.29, 1.82) is 0 Å². The molecule has 1 aromatic carbocycles. The summed E-state index contributed by atoms with van der Waals surface area (Å²) in [6.07, 6.45) is 0.414. The van der Waals surface area contributed by atoms with Crippen LogP contribution in [0.1, 0.15) is 12.0 Å². The summed E-state index contributed by atoms with van der Waals surface area (Å²) >= 11 is 0. The van der Waals surface area contributed by atoms with Gasteiger partial charge in [0, 0.05) is 32.0 Å². The predicted molar refractivity (Wildman–Crippen MR) is 57.0 cm³/mol. The van der Waals surface area contributed by atoms with Crippen LogP contribution in [0.3, 0.4) is 0 Å². The van der Waals surface area contributed by atoms with Gasteiger partial charge < -0.3 is 10.0 Å². The van der Waals surface area contributed by atoms with Crippen molar-refractivity contribution < 1.29 is 14.3 Å². The number of aliphatic hydroxyl groups excluding tert-OH is 1. The zero-order valence-electron chi connectivity index (χ0n) is 8.90. The maximum Gasteiger partial charge on any atom is 0.223 e. The van der Waals surface area contributed by atoms with Crippen LogP contribution in [0.2, 0.25) is 0 Å². The highest BCUT2D eigenvalue weighted by atomic mass is 19.1. The minimum absolute atomic E-state index is 0.0473. The Kier molecular flexibility index (Phi) is 3.19. The van der Waals surface area contributed by atoms with Crippen LogP contribution in [0.15, 0.2) is 24.3 Å². The van der Waals surface area contributed by atoms with Gasteiger partial charge >= 0.3 is 0 Å². The summed E-state index contributed by atoms with van der Waals surface area (Å²) in [6.45, 7) is 1.13. The zero-order valence-corrected chi connectivity index (χ0v) is 8.90. The van der Waals surface area contributed by atoms with Crippen molar-refractivity contribution in [2.75, 3.05) is 13.2 Å². The van der Waals surface area contributed by atoms with Gasteiger partial charge in [-0.05, 0) is 17.7 Å². The molecule has 0 aliphatic carbocycles. The molecule has 16 heavy (non-hydrogen) atoms. The number of likely N-dealkylation sites (tertiary alicyclic amines) is 1. The van der Waals surface area contributed by atoms with E-state index in [1.165, 1.54) is 12.1 Å². The maximum atomic E-state index is 12.7. The van der Waals surface area contributed by atoms with Gasteiger partial charge in [-0.3, -0.25) is 4.79 Å². The molecule has 0 saturated carbocycles. The Balaban J connectivity index is 2.00. The largest absolute Gasteiger partial charge is 0.396 e. The zero-order chi connectivity index (χ0) is 11.5. The molecule has 1 N–H and O–H groups in total. The quantitative estimate of drug-likeness (QED) is 0.835. The van der Waals surface area contributed by atoms with Crippen LogP contribution < -0.4 is 0 Å². The van der Waals surface area contributed by atoms with E-state index in [0.29, 0.717) is 19.5 Å². The fourth-order valence-corrected chi connectivity index (χ4v) is 1.94. The second-order valence-electron chi connectivity index (χ2n) is 4.15. The number of nitrogens with zero attached hydrogens (tertiary/aromatic N) is 1. The second-order valence-corrected chi connectivity index (χ2v) is 4.15. The lowest BCUT2D eigenvalue weighted by molar-refractivity contribution is -0.128. The van der Waals surface area contributed by atoms with Crippen molar-refractivity contribution in [3.8, 4) is 0 Å². The number of rotatable bonds is 3. The molecular weight excluding hydrogens is 209 g/mol. The Bertz CT molecular complexity index is 377. The minimum Gasteiger partial charge on any atom is -0.396 e. The molecule has 0 unspecified atom stereocenters. The SMILES string of the molecule is O=C1C[C@@H](CO)CN1Cc1ccc(F)cc1. The van der Waals surface area contributed by atoms with E-state index in [9.17, 15) is 9.18 Å². The first-order chi connectivity index (χ1) is 7.69. The summed E-state index contributed by atoms with van der Waals surface area (Å²) in [5.74, 6) is -0.166. The lowest BCUT2D eigenvalue weighted by Crippen LogP contribution is -2.24. The van der Waals surface area contributed by atoms with Gasteiger partial charge in [-0.15, -0.1) is 0 Å². The summed E-state index contributed by atoms with van der Waals surface area (Å²) < 4.78 is 12.7. The molecule has 0 bridgehead atoms. The van der Waals surface area contributed by atoms with Crippen LogP contribution in [0.5, 0.6) is 0 Å². The van der Waals surface area contributed by atoms with E-state index in [2.05, 4.69) is 0 Å². The van der Waals surface area contributed by atoms with Gasteiger partial charge in [0.05, 0.1) is 0 Å². The third-order valence-corrected chi connectivity index (χ3v) is 2.84. The fraction of sp³-hybridized carbons (Fsp3) is 0.417. The molecule has 1 aromatic rings. The third-order valence-electron chi connectivity index (χ3n) is 2.84. The molecule has 1 amide bonds. The molecule has 0 spiro atoms. The molecule has 86 valence electrons. The van der Waals surface area contributed by atoms with E-state index in [0.717, 1.165) is 5.56 Å². The molecule has 1 heterocycles. The standard InChI is InChI=1S/C12H14FNO2/c13-11-3-1-9(2-4-11)6-14-7-10(8-15)5-12(14)16/h1-4,10,15H,5-8H2/t10-/m1/s1. The molecular formula is C12H14FNO2. The summed E-state index contributed by atoms with van der Waals surface area (Å²) in [4.78, 5) is 13.3. The molecule has 0 aromatic heterocycles. The first kappa shape index (κ1) is 11.1. The Morgan fingerprint density at radius 2 is 2.06 bits per heavy atom. The summed E-state index contributed by atoms with van der Waals surface area (Å²) in [5.41, 5.74) is 0.910. The van der Waals surface area contributed by atoms with Crippen LogP contribution >= 0.6 is 0 Å². The van der Waals surface area contributed by atoms with Gasteiger partial charge in [0.25, 0.3) is 0 Å². The predicted octanol–water partition coefficient (Wildman–Crippen LogP) is 1.17. The van der Waals surface area contributed by atoms with E-state index >= 15 is 0 Å². The Morgan fingerprint density at radius 3 is 2.62 bits per heavy atom. The molecule has 1 fully saturated rings. The molecule has 1 atom stereocenters. The van der Waals surface area contributed by atoms with Crippen LogP contribution in [-0.2, 0) is 11.3 Å². The topological polar surface area (TPSA) is 40.5 Å². The number of benzene rings is 1. The van der Waals surface area contributed by atoms with E-state index < -0.39 is 0 Å². The maximum absolute atomic E-state index is 12.7. The average molecular weight is 223 g/mol. The summed E-state index contributed by atoms with van der Waals surface area (Å²) in [7, 11) is 0. The van der Waals surface area contributed by atoms with Crippen molar-refractivity contribution in [2.45, 2.75) is 13.0 Å². The first-order valence-corrected chi connectivity index (χ1v) is 5.32. The summed E-state index contributed by atoms with van der Waals surface area (Å²) in [6, 6.07) is 6.13.